The molecule has 0 heterocycles. The zero-order valence-electron chi connectivity index (χ0n) is 12.2. The van der Waals surface area contributed by atoms with E-state index in [9.17, 15) is 8.42 Å². The zero-order valence-corrected chi connectivity index (χ0v) is 13.8. The van der Waals surface area contributed by atoms with Crippen molar-refractivity contribution in [3.05, 3.63) is 28.3 Å². The van der Waals surface area contributed by atoms with Crippen LogP contribution in [0.15, 0.2) is 17.0 Å². The molecule has 1 aromatic carbocycles. The van der Waals surface area contributed by atoms with Crippen molar-refractivity contribution in [3.63, 3.8) is 0 Å². The molecular weight excluding hydrogens is 312 g/mol. The molecule has 1 fully saturated rings. The summed E-state index contributed by atoms with van der Waals surface area (Å²) in [6.45, 7) is 4.58. The van der Waals surface area contributed by atoms with E-state index in [4.69, 9.17) is 22.1 Å². The van der Waals surface area contributed by atoms with E-state index < -0.39 is 10.0 Å². The van der Waals surface area contributed by atoms with Gasteiger partial charge in [0.1, 0.15) is 0 Å². The molecule has 0 amide bonds. The number of nitrogens with one attached hydrogen (secondary N) is 1. The summed E-state index contributed by atoms with van der Waals surface area (Å²) in [5.74, 6) is 0. The van der Waals surface area contributed by atoms with Crippen molar-refractivity contribution in [1.29, 1.82) is 0 Å². The second kappa shape index (κ2) is 6.62. The van der Waals surface area contributed by atoms with E-state index in [1.54, 1.807) is 13.0 Å². The Labute approximate surface area is 130 Å². The van der Waals surface area contributed by atoms with Crippen LogP contribution in [0.5, 0.6) is 0 Å². The molecule has 3 N–H and O–H groups in total. The summed E-state index contributed by atoms with van der Waals surface area (Å²) in [5.41, 5.74) is 7.02. The minimum Gasteiger partial charge on any atom is -0.378 e. The van der Waals surface area contributed by atoms with Crippen LogP contribution in [0.3, 0.4) is 0 Å². The van der Waals surface area contributed by atoms with Gasteiger partial charge < -0.3 is 10.5 Å². The van der Waals surface area contributed by atoms with Crippen LogP contribution in [-0.2, 0) is 21.3 Å². The third-order valence-corrected chi connectivity index (χ3v) is 5.63. The van der Waals surface area contributed by atoms with Gasteiger partial charge >= 0.3 is 0 Å². The van der Waals surface area contributed by atoms with Crippen molar-refractivity contribution >= 4 is 21.6 Å². The van der Waals surface area contributed by atoms with E-state index in [1.165, 1.54) is 6.07 Å². The van der Waals surface area contributed by atoms with E-state index >= 15 is 0 Å². The Morgan fingerprint density at radius 3 is 2.67 bits per heavy atom. The largest absolute Gasteiger partial charge is 0.378 e. The summed E-state index contributed by atoms with van der Waals surface area (Å²) < 4.78 is 33.1. The molecule has 21 heavy (non-hydrogen) atoms. The van der Waals surface area contributed by atoms with Gasteiger partial charge in [0.05, 0.1) is 11.0 Å². The first-order valence-corrected chi connectivity index (χ1v) is 8.86. The van der Waals surface area contributed by atoms with Gasteiger partial charge in [0.25, 0.3) is 0 Å². The lowest BCUT2D eigenvalue weighted by Gasteiger charge is -2.35. The molecule has 7 heteroatoms. The normalized spacial score (nSPS) is 22.1. The molecule has 0 aromatic heterocycles. The van der Waals surface area contributed by atoms with Crippen LogP contribution in [0.25, 0.3) is 0 Å². The number of sulfonamides is 1. The van der Waals surface area contributed by atoms with Crippen LogP contribution in [-0.4, -0.2) is 27.2 Å². The standard InChI is InChI=1S/C14H21ClN2O3S/c1-3-20-13-6-12(7-13)17-21(18,19)14-5-11(15)4-10(8-16)9(14)2/h4-5,12-13,17H,3,6-8,16H2,1-2H3. The van der Waals surface area contributed by atoms with Crippen LogP contribution < -0.4 is 10.5 Å². The summed E-state index contributed by atoms with van der Waals surface area (Å²) in [6, 6.07) is 3.09. The number of hydrogen-bond acceptors (Lipinski definition) is 4. The number of benzene rings is 1. The lowest BCUT2D eigenvalue weighted by atomic mass is 9.90. The third kappa shape index (κ3) is 3.76. The van der Waals surface area contributed by atoms with Crippen molar-refractivity contribution in [2.75, 3.05) is 6.61 Å². The molecule has 1 saturated carbocycles. The molecule has 0 saturated heterocycles. The first-order valence-electron chi connectivity index (χ1n) is 7.00. The minimum absolute atomic E-state index is 0.0775. The lowest BCUT2D eigenvalue weighted by Crippen LogP contribution is -2.47. The molecular formula is C14H21ClN2O3S. The summed E-state index contributed by atoms with van der Waals surface area (Å²) in [4.78, 5) is 0.204. The molecule has 0 unspecified atom stereocenters. The Balaban J connectivity index is 2.15. The maximum absolute atomic E-state index is 12.5. The molecule has 5 nitrogen and oxygen atoms in total. The Hall–Kier alpha value is -0.660. The quantitative estimate of drug-likeness (QED) is 0.834. The zero-order chi connectivity index (χ0) is 15.6. The fourth-order valence-corrected chi connectivity index (χ4v) is 4.40. The van der Waals surface area contributed by atoms with Gasteiger partial charge in [-0.25, -0.2) is 13.1 Å². The first kappa shape index (κ1) is 16.7. The number of rotatable bonds is 6. The number of hydrogen-bond donors (Lipinski definition) is 2. The van der Waals surface area contributed by atoms with Gasteiger partial charge in [-0.3, -0.25) is 0 Å². The SMILES string of the molecule is CCOC1CC(NS(=O)(=O)c2cc(Cl)cc(CN)c2C)C1. The summed E-state index contributed by atoms with van der Waals surface area (Å²) in [6.07, 6.45) is 1.56. The fourth-order valence-electron chi connectivity index (χ4n) is 2.52. The van der Waals surface area contributed by atoms with Crippen molar-refractivity contribution in [3.8, 4) is 0 Å². The molecule has 0 aliphatic heterocycles. The Bertz CT molecular complexity index is 613. The summed E-state index contributed by atoms with van der Waals surface area (Å²) in [7, 11) is -3.59. The maximum Gasteiger partial charge on any atom is 0.241 e. The monoisotopic (exact) mass is 332 g/mol. The second-order valence-electron chi connectivity index (χ2n) is 5.26. The molecule has 118 valence electrons. The highest BCUT2D eigenvalue weighted by Crippen LogP contribution is 2.28. The Morgan fingerprint density at radius 2 is 2.10 bits per heavy atom. The van der Waals surface area contributed by atoms with Crippen molar-refractivity contribution < 1.29 is 13.2 Å². The minimum atomic E-state index is -3.59. The molecule has 2 rings (SSSR count). The van der Waals surface area contributed by atoms with Gasteiger partial charge in [-0.15, -0.1) is 0 Å². The predicted molar refractivity (Wildman–Crippen MR) is 82.8 cm³/mol. The van der Waals surface area contributed by atoms with E-state index in [-0.39, 0.29) is 23.6 Å². The highest BCUT2D eigenvalue weighted by molar-refractivity contribution is 7.89. The van der Waals surface area contributed by atoms with Crippen LogP contribution in [0.4, 0.5) is 0 Å². The van der Waals surface area contributed by atoms with E-state index in [0.717, 1.165) is 5.56 Å². The Kier molecular flexibility index (Phi) is 5.27. The van der Waals surface area contributed by atoms with Crippen LogP contribution >= 0.6 is 11.6 Å². The first-order chi connectivity index (χ1) is 9.87. The highest BCUT2D eigenvalue weighted by atomic mass is 35.5. The molecule has 1 aliphatic carbocycles. The van der Waals surface area contributed by atoms with Gasteiger partial charge in [0, 0.05) is 24.2 Å². The summed E-state index contributed by atoms with van der Waals surface area (Å²) in [5, 5.41) is 0.377. The highest BCUT2D eigenvalue weighted by Gasteiger charge is 2.33. The van der Waals surface area contributed by atoms with E-state index in [1.807, 2.05) is 6.92 Å². The average molecular weight is 333 g/mol. The topological polar surface area (TPSA) is 81.4 Å². The number of ether oxygens (including phenoxy) is 1. The third-order valence-electron chi connectivity index (χ3n) is 3.76. The lowest BCUT2D eigenvalue weighted by molar-refractivity contribution is -0.00475. The van der Waals surface area contributed by atoms with Crippen molar-refractivity contribution in [2.24, 2.45) is 5.73 Å². The van der Waals surface area contributed by atoms with Gasteiger partial charge in [-0.2, -0.15) is 0 Å². The van der Waals surface area contributed by atoms with E-state index in [2.05, 4.69) is 4.72 Å². The van der Waals surface area contributed by atoms with Crippen LogP contribution in [0.2, 0.25) is 5.02 Å². The molecule has 0 spiro atoms. The number of nitrogens with two attached hydrogens (primary N) is 1. The van der Waals surface area contributed by atoms with Gasteiger partial charge in [0.15, 0.2) is 0 Å². The van der Waals surface area contributed by atoms with E-state index in [0.29, 0.717) is 30.0 Å². The van der Waals surface area contributed by atoms with Crippen molar-refractivity contribution in [2.45, 2.75) is 50.3 Å². The maximum atomic E-state index is 12.5. The van der Waals surface area contributed by atoms with Gasteiger partial charge in [-0.1, -0.05) is 11.6 Å². The van der Waals surface area contributed by atoms with Gasteiger partial charge in [-0.05, 0) is 49.9 Å². The van der Waals surface area contributed by atoms with Crippen molar-refractivity contribution in [1.82, 2.24) is 4.72 Å². The smallest absolute Gasteiger partial charge is 0.241 e. The van der Waals surface area contributed by atoms with Crippen LogP contribution in [0, 0.1) is 6.92 Å². The Morgan fingerprint density at radius 1 is 1.43 bits per heavy atom. The average Bonchev–Trinajstić information content (AvgIpc) is 2.38. The second-order valence-corrected chi connectivity index (χ2v) is 7.38. The predicted octanol–water partition coefficient (Wildman–Crippen LogP) is 1.95. The fraction of sp³-hybridized carbons (Fsp3) is 0.571. The molecule has 0 atom stereocenters. The number of halogens is 1. The molecule has 0 bridgehead atoms. The molecule has 1 aromatic rings. The summed E-state index contributed by atoms with van der Waals surface area (Å²) >= 11 is 5.99. The molecule has 1 aliphatic rings. The van der Waals surface area contributed by atoms with Crippen LogP contribution in [0.1, 0.15) is 30.9 Å². The molecule has 0 radical (unpaired) electrons. The van der Waals surface area contributed by atoms with Gasteiger partial charge in [0.2, 0.25) is 10.0 Å².